The molecular weight excluding hydrogens is 290 g/mol. The lowest BCUT2D eigenvalue weighted by Gasteiger charge is -2.38. The molecule has 2 aliphatic rings. The van der Waals surface area contributed by atoms with E-state index in [1.165, 1.54) is 5.56 Å². The molecule has 0 saturated carbocycles. The van der Waals surface area contributed by atoms with Crippen molar-refractivity contribution in [1.29, 1.82) is 0 Å². The Labute approximate surface area is 138 Å². The molecule has 0 unspecified atom stereocenters. The van der Waals surface area contributed by atoms with Crippen LogP contribution in [0.15, 0.2) is 24.3 Å². The number of ether oxygens (including phenoxy) is 2. The van der Waals surface area contributed by atoms with E-state index in [4.69, 9.17) is 9.47 Å². The second-order valence-electron chi connectivity index (χ2n) is 7.14. The molecule has 1 amide bonds. The molecule has 2 heterocycles. The molecule has 1 aromatic carbocycles. The summed E-state index contributed by atoms with van der Waals surface area (Å²) in [6, 6.07) is 8.25. The maximum absolute atomic E-state index is 12.5. The van der Waals surface area contributed by atoms with Crippen molar-refractivity contribution in [3.8, 4) is 0 Å². The van der Waals surface area contributed by atoms with E-state index in [0.29, 0.717) is 13.0 Å². The van der Waals surface area contributed by atoms with Gasteiger partial charge in [0.2, 0.25) is 5.91 Å². The molecule has 0 bridgehead atoms. The first-order chi connectivity index (χ1) is 11.1. The minimum absolute atomic E-state index is 0.231. The van der Waals surface area contributed by atoms with Gasteiger partial charge in [-0.25, -0.2) is 0 Å². The number of hydrogen-bond acceptors (Lipinski definition) is 3. The highest BCUT2D eigenvalue weighted by Crippen LogP contribution is 2.42. The Hall–Kier alpha value is -1.39. The van der Waals surface area contributed by atoms with E-state index in [9.17, 15) is 4.79 Å². The quantitative estimate of drug-likeness (QED) is 0.857. The van der Waals surface area contributed by atoms with Gasteiger partial charge in [0.1, 0.15) is 0 Å². The van der Waals surface area contributed by atoms with Gasteiger partial charge in [0.05, 0.1) is 25.7 Å². The van der Waals surface area contributed by atoms with Crippen molar-refractivity contribution in [3.05, 3.63) is 35.4 Å². The van der Waals surface area contributed by atoms with Crippen LogP contribution in [-0.4, -0.2) is 50.3 Å². The van der Waals surface area contributed by atoms with Crippen LogP contribution < -0.4 is 0 Å². The summed E-state index contributed by atoms with van der Waals surface area (Å²) in [6.45, 7) is 5.27. The molecule has 23 heavy (non-hydrogen) atoms. The molecule has 0 aromatic heterocycles. The number of hydrogen-bond donors (Lipinski definition) is 0. The Morgan fingerprint density at radius 1 is 1.30 bits per heavy atom. The summed E-state index contributed by atoms with van der Waals surface area (Å²) in [5.41, 5.74) is 2.60. The third kappa shape index (κ3) is 3.93. The third-order valence-electron chi connectivity index (χ3n) is 5.29. The number of rotatable bonds is 4. The van der Waals surface area contributed by atoms with E-state index in [2.05, 4.69) is 31.2 Å². The minimum Gasteiger partial charge on any atom is -0.382 e. The van der Waals surface area contributed by atoms with Gasteiger partial charge in [-0.05, 0) is 37.2 Å². The summed E-state index contributed by atoms with van der Waals surface area (Å²) in [6.07, 6.45) is 3.91. The first-order valence-corrected chi connectivity index (χ1v) is 8.54. The van der Waals surface area contributed by atoms with E-state index >= 15 is 0 Å². The molecule has 4 heteroatoms. The van der Waals surface area contributed by atoms with E-state index < -0.39 is 0 Å². The highest BCUT2D eigenvalue weighted by atomic mass is 16.5. The maximum Gasteiger partial charge on any atom is 0.226 e. The third-order valence-corrected chi connectivity index (χ3v) is 5.29. The predicted molar refractivity (Wildman–Crippen MR) is 89.4 cm³/mol. The summed E-state index contributed by atoms with van der Waals surface area (Å²) in [4.78, 5) is 14.5. The number of piperidine rings is 1. The fourth-order valence-corrected chi connectivity index (χ4v) is 3.76. The lowest BCUT2D eigenvalue weighted by atomic mass is 9.76. The van der Waals surface area contributed by atoms with Crippen LogP contribution in [0.1, 0.15) is 30.4 Å². The number of aryl methyl sites for hydroxylation is 1. The SMILES string of the molecule is COC[C@@H]1CC2(CCN(C(=O)Cc3ccc(C)cc3)CC2)CO1. The van der Waals surface area contributed by atoms with E-state index in [0.717, 1.165) is 44.5 Å². The van der Waals surface area contributed by atoms with Crippen molar-refractivity contribution in [2.24, 2.45) is 5.41 Å². The topological polar surface area (TPSA) is 38.8 Å². The normalized spacial score (nSPS) is 23.4. The molecule has 0 aliphatic carbocycles. The van der Waals surface area contributed by atoms with E-state index in [1.54, 1.807) is 7.11 Å². The van der Waals surface area contributed by atoms with Crippen LogP contribution in [-0.2, 0) is 20.7 Å². The number of methoxy groups -OCH3 is 1. The van der Waals surface area contributed by atoms with E-state index in [1.807, 2.05) is 4.90 Å². The van der Waals surface area contributed by atoms with Crippen LogP contribution in [0.5, 0.6) is 0 Å². The van der Waals surface area contributed by atoms with Crippen molar-refractivity contribution < 1.29 is 14.3 Å². The molecule has 0 radical (unpaired) electrons. The van der Waals surface area contributed by atoms with Crippen LogP contribution >= 0.6 is 0 Å². The van der Waals surface area contributed by atoms with Crippen LogP contribution in [0, 0.1) is 12.3 Å². The Morgan fingerprint density at radius 3 is 2.65 bits per heavy atom. The fraction of sp³-hybridized carbons (Fsp3) is 0.632. The Morgan fingerprint density at radius 2 is 2.00 bits per heavy atom. The molecule has 1 spiro atoms. The van der Waals surface area contributed by atoms with Crippen LogP contribution in [0.25, 0.3) is 0 Å². The zero-order valence-corrected chi connectivity index (χ0v) is 14.2. The van der Waals surface area contributed by atoms with Gasteiger partial charge < -0.3 is 14.4 Å². The smallest absolute Gasteiger partial charge is 0.226 e. The van der Waals surface area contributed by atoms with Gasteiger partial charge >= 0.3 is 0 Å². The lowest BCUT2D eigenvalue weighted by Crippen LogP contribution is -2.44. The van der Waals surface area contributed by atoms with Crippen molar-refractivity contribution >= 4 is 5.91 Å². The Kier molecular flexibility index (Phi) is 5.02. The predicted octanol–water partition coefficient (Wildman–Crippen LogP) is 2.58. The Bertz CT molecular complexity index is 532. The van der Waals surface area contributed by atoms with Gasteiger partial charge in [-0.1, -0.05) is 29.8 Å². The number of amides is 1. The van der Waals surface area contributed by atoms with Crippen LogP contribution in [0.4, 0.5) is 0 Å². The standard InChI is InChI=1S/C19H27NO3/c1-15-3-5-16(6-4-15)11-18(21)20-9-7-19(8-10-20)12-17(13-22-2)23-14-19/h3-6,17H,7-14H2,1-2H3/t17-/m0/s1. The molecule has 126 valence electrons. The summed E-state index contributed by atoms with van der Waals surface area (Å²) >= 11 is 0. The number of likely N-dealkylation sites (tertiary alicyclic amines) is 1. The molecule has 1 aromatic rings. The molecule has 0 N–H and O–H groups in total. The average molecular weight is 317 g/mol. The van der Waals surface area contributed by atoms with Gasteiger partial charge in [0.15, 0.2) is 0 Å². The highest BCUT2D eigenvalue weighted by Gasteiger charge is 2.42. The molecule has 2 fully saturated rings. The number of nitrogens with zero attached hydrogens (tertiary/aromatic N) is 1. The van der Waals surface area contributed by atoms with Crippen molar-refractivity contribution in [2.75, 3.05) is 33.4 Å². The fourth-order valence-electron chi connectivity index (χ4n) is 3.76. The van der Waals surface area contributed by atoms with Gasteiger partial charge in [0.25, 0.3) is 0 Å². The summed E-state index contributed by atoms with van der Waals surface area (Å²) in [7, 11) is 1.72. The van der Waals surface area contributed by atoms with Gasteiger partial charge in [0, 0.05) is 20.2 Å². The summed E-state index contributed by atoms with van der Waals surface area (Å²) < 4.78 is 11.1. The second kappa shape index (κ2) is 7.02. The molecule has 1 atom stereocenters. The van der Waals surface area contributed by atoms with Crippen LogP contribution in [0.3, 0.4) is 0 Å². The Balaban J connectivity index is 1.50. The first-order valence-electron chi connectivity index (χ1n) is 8.54. The van der Waals surface area contributed by atoms with Crippen molar-refractivity contribution in [2.45, 2.75) is 38.7 Å². The molecule has 2 aliphatic heterocycles. The van der Waals surface area contributed by atoms with Gasteiger partial charge in [-0.15, -0.1) is 0 Å². The number of benzene rings is 1. The van der Waals surface area contributed by atoms with Crippen LogP contribution in [0.2, 0.25) is 0 Å². The molecule has 4 nitrogen and oxygen atoms in total. The van der Waals surface area contributed by atoms with Gasteiger partial charge in [-0.2, -0.15) is 0 Å². The number of carbonyl (C=O) groups excluding carboxylic acids is 1. The number of carbonyl (C=O) groups is 1. The van der Waals surface area contributed by atoms with Crippen molar-refractivity contribution in [3.63, 3.8) is 0 Å². The van der Waals surface area contributed by atoms with Gasteiger partial charge in [-0.3, -0.25) is 4.79 Å². The molecular formula is C19H27NO3. The first kappa shape index (κ1) is 16.5. The second-order valence-corrected chi connectivity index (χ2v) is 7.14. The monoisotopic (exact) mass is 317 g/mol. The summed E-state index contributed by atoms with van der Waals surface area (Å²) in [5, 5.41) is 0. The zero-order chi connectivity index (χ0) is 16.3. The maximum atomic E-state index is 12.5. The average Bonchev–Trinajstić information content (AvgIpc) is 2.93. The van der Waals surface area contributed by atoms with E-state index in [-0.39, 0.29) is 17.4 Å². The lowest BCUT2D eigenvalue weighted by molar-refractivity contribution is -0.132. The highest BCUT2D eigenvalue weighted by molar-refractivity contribution is 5.78. The minimum atomic E-state index is 0.231. The van der Waals surface area contributed by atoms with Crippen molar-refractivity contribution in [1.82, 2.24) is 4.90 Å². The molecule has 3 rings (SSSR count). The summed E-state index contributed by atoms with van der Waals surface area (Å²) in [5.74, 6) is 0.246. The zero-order valence-electron chi connectivity index (χ0n) is 14.2. The largest absolute Gasteiger partial charge is 0.382 e. The molecule has 2 saturated heterocycles.